The van der Waals surface area contributed by atoms with E-state index < -0.39 is 0 Å². The molecule has 29 heavy (non-hydrogen) atoms. The second kappa shape index (κ2) is 9.06. The van der Waals surface area contributed by atoms with Gasteiger partial charge in [-0.3, -0.25) is 9.69 Å². The Morgan fingerprint density at radius 2 is 1.66 bits per heavy atom. The van der Waals surface area contributed by atoms with Crippen molar-refractivity contribution < 1.29 is 9.18 Å². The summed E-state index contributed by atoms with van der Waals surface area (Å²) in [6.45, 7) is 4.56. The van der Waals surface area contributed by atoms with Gasteiger partial charge >= 0.3 is 0 Å². The van der Waals surface area contributed by atoms with Crippen molar-refractivity contribution in [2.24, 2.45) is 5.92 Å². The fourth-order valence-corrected chi connectivity index (χ4v) is 4.76. The molecular weight excluding hydrogens is 365 g/mol. The number of carbonyl (C=O) groups excluding carboxylic acids is 1. The normalized spacial score (nSPS) is 21.3. The summed E-state index contributed by atoms with van der Waals surface area (Å²) in [5.74, 6) is 0.399. The minimum atomic E-state index is -0.318. The van der Waals surface area contributed by atoms with E-state index in [0.717, 1.165) is 45.4 Å². The number of benzene rings is 2. The van der Waals surface area contributed by atoms with Gasteiger partial charge < -0.3 is 9.80 Å². The molecule has 1 amide bonds. The summed E-state index contributed by atoms with van der Waals surface area (Å²) >= 11 is 0. The Hall–Kier alpha value is -2.24. The van der Waals surface area contributed by atoms with Gasteiger partial charge in [-0.25, -0.2) is 4.39 Å². The SMILES string of the molecule is CN(Cc1ccccc1)CC1CCN(C2CCN(c3ccccc3F)C2=O)CC1. The third-order valence-electron chi connectivity index (χ3n) is 6.28. The van der Waals surface area contributed by atoms with Gasteiger partial charge in [0, 0.05) is 19.6 Å². The van der Waals surface area contributed by atoms with Crippen LogP contribution in [0.3, 0.4) is 0 Å². The molecule has 0 radical (unpaired) electrons. The lowest BCUT2D eigenvalue weighted by Crippen LogP contribution is -2.47. The third-order valence-corrected chi connectivity index (χ3v) is 6.28. The number of anilines is 1. The first-order valence-corrected chi connectivity index (χ1v) is 10.6. The Balaban J connectivity index is 1.27. The first kappa shape index (κ1) is 20.0. The minimum absolute atomic E-state index is 0.0507. The fraction of sp³-hybridized carbons (Fsp3) is 0.458. The molecule has 154 valence electrons. The van der Waals surface area contributed by atoms with Crippen LogP contribution in [0.2, 0.25) is 0 Å². The smallest absolute Gasteiger partial charge is 0.244 e. The Bertz CT molecular complexity index is 820. The summed E-state index contributed by atoms with van der Waals surface area (Å²) in [5, 5.41) is 0. The molecule has 1 unspecified atom stereocenters. The molecule has 2 aliphatic rings. The van der Waals surface area contributed by atoms with E-state index in [1.165, 1.54) is 11.6 Å². The number of nitrogens with zero attached hydrogens (tertiary/aromatic N) is 3. The van der Waals surface area contributed by atoms with Crippen LogP contribution in [0.5, 0.6) is 0 Å². The van der Waals surface area contributed by atoms with Crippen LogP contribution in [-0.4, -0.2) is 55.0 Å². The summed E-state index contributed by atoms with van der Waals surface area (Å²) < 4.78 is 14.1. The molecule has 2 heterocycles. The lowest BCUT2D eigenvalue weighted by molar-refractivity contribution is -0.122. The topological polar surface area (TPSA) is 26.8 Å². The highest BCUT2D eigenvalue weighted by molar-refractivity contribution is 5.99. The van der Waals surface area contributed by atoms with E-state index in [-0.39, 0.29) is 17.8 Å². The molecule has 0 spiro atoms. The summed E-state index contributed by atoms with van der Waals surface area (Å²) in [6, 6.07) is 17.0. The molecule has 4 rings (SSSR count). The standard InChI is InChI=1S/C24H30FN3O/c1-26(17-19-7-3-2-4-8-19)18-20-11-14-27(15-12-20)23-13-16-28(24(23)29)22-10-6-5-9-21(22)25/h2-10,20,23H,11-18H2,1H3. The van der Waals surface area contributed by atoms with Gasteiger partial charge in [0.05, 0.1) is 11.7 Å². The first-order chi connectivity index (χ1) is 14.1. The van der Waals surface area contributed by atoms with E-state index in [2.05, 4.69) is 47.2 Å². The maximum Gasteiger partial charge on any atom is 0.244 e. The second-order valence-electron chi connectivity index (χ2n) is 8.41. The number of piperidine rings is 1. The monoisotopic (exact) mass is 395 g/mol. The Morgan fingerprint density at radius 1 is 0.966 bits per heavy atom. The second-order valence-corrected chi connectivity index (χ2v) is 8.41. The van der Waals surface area contributed by atoms with Crippen molar-refractivity contribution in [3.8, 4) is 0 Å². The van der Waals surface area contributed by atoms with Gasteiger partial charge in [0.2, 0.25) is 5.91 Å². The van der Waals surface area contributed by atoms with Crippen molar-refractivity contribution in [1.82, 2.24) is 9.80 Å². The van der Waals surface area contributed by atoms with Gasteiger partial charge in [0.25, 0.3) is 0 Å². The maximum atomic E-state index is 14.1. The average Bonchev–Trinajstić information content (AvgIpc) is 3.11. The van der Waals surface area contributed by atoms with E-state index in [1.54, 1.807) is 23.1 Å². The zero-order chi connectivity index (χ0) is 20.2. The van der Waals surface area contributed by atoms with Gasteiger partial charge in [0.1, 0.15) is 5.82 Å². The Labute approximate surface area is 172 Å². The molecule has 0 aromatic heterocycles. The number of para-hydroxylation sites is 1. The van der Waals surface area contributed by atoms with Crippen molar-refractivity contribution in [3.05, 3.63) is 66.0 Å². The molecular formula is C24H30FN3O. The number of amides is 1. The molecule has 2 aromatic rings. The summed E-state index contributed by atoms with van der Waals surface area (Å²) in [7, 11) is 2.19. The van der Waals surface area contributed by atoms with Gasteiger partial charge in [-0.05, 0) is 63.0 Å². The molecule has 0 bridgehead atoms. The number of hydrogen-bond donors (Lipinski definition) is 0. The van der Waals surface area contributed by atoms with Crippen LogP contribution in [-0.2, 0) is 11.3 Å². The van der Waals surface area contributed by atoms with Gasteiger partial charge in [0.15, 0.2) is 0 Å². The lowest BCUT2D eigenvalue weighted by atomic mass is 9.94. The molecule has 2 saturated heterocycles. The number of carbonyl (C=O) groups is 1. The highest BCUT2D eigenvalue weighted by Gasteiger charge is 2.38. The third kappa shape index (κ3) is 4.68. The molecule has 0 aliphatic carbocycles. The van der Waals surface area contributed by atoms with Crippen LogP contribution in [0, 0.1) is 11.7 Å². The number of likely N-dealkylation sites (tertiary alicyclic amines) is 1. The number of halogens is 1. The predicted octanol–water partition coefficient (Wildman–Crippen LogP) is 3.78. The van der Waals surface area contributed by atoms with E-state index >= 15 is 0 Å². The van der Waals surface area contributed by atoms with E-state index in [4.69, 9.17) is 0 Å². The van der Waals surface area contributed by atoms with Crippen LogP contribution in [0.4, 0.5) is 10.1 Å². The van der Waals surface area contributed by atoms with Crippen molar-refractivity contribution in [1.29, 1.82) is 0 Å². The quantitative estimate of drug-likeness (QED) is 0.745. The molecule has 1 atom stereocenters. The van der Waals surface area contributed by atoms with Crippen molar-refractivity contribution >= 4 is 11.6 Å². The molecule has 0 saturated carbocycles. The molecule has 2 fully saturated rings. The van der Waals surface area contributed by atoms with Crippen LogP contribution >= 0.6 is 0 Å². The van der Waals surface area contributed by atoms with Gasteiger partial charge in [-0.1, -0.05) is 42.5 Å². The number of rotatable bonds is 6. The van der Waals surface area contributed by atoms with E-state index in [0.29, 0.717) is 18.2 Å². The lowest BCUT2D eigenvalue weighted by Gasteiger charge is -2.36. The van der Waals surface area contributed by atoms with Crippen LogP contribution < -0.4 is 4.90 Å². The van der Waals surface area contributed by atoms with Crippen LogP contribution in [0.15, 0.2) is 54.6 Å². The summed E-state index contributed by atoms with van der Waals surface area (Å²) in [6.07, 6.45) is 3.01. The number of hydrogen-bond acceptors (Lipinski definition) is 3. The van der Waals surface area contributed by atoms with E-state index in [9.17, 15) is 9.18 Å². The molecule has 2 aliphatic heterocycles. The van der Waals surface area contributed by atoms with Crippen molar-refractivity contribution in [2.45, 2.75) is 31.8 Å². The van der Waals surface area contributed by atoms with Crippen molar-refractivity contribution in [3.63, 3.8) is 0 Å². The summed E-state index contributed by atoms with van der Waals surface area (Å²) in [4.78, 5) is 19.3. The highest BCUT2D eigenvalue weighted by atomic mass is 19.1. The molecule has 2 aromatic carbocycles. The largest absolute Gasteiger partial charge is 0.308 e. The van der Waals surface area contributed by atoms with Crippen molar-refractivity contribution in [2.75, 3.05) is 38.1 Å². The molecule has 5 heteroatoms. The zero-order valence-electron chi connectivity index (χ0n) is 17.1. The first-order valence-electron chi connectivity index (χ1n) is 10.6. The fourth-order valence-electron chi connectivity index (χ4n) is 4.76. The van der Waals surface area contributed by atoms with Gasteiger partial charge in [-0.15, -0.1) is 0 Å². The Morgan fingerprint density at radius 3 is 2.38 bits per heavy atom. The Kier molecular flexibility index (Phi) is 6.26. The van der Waals surface area contributed by atoms with Crippen LogP contribution in [0.1, 0.15) is 24.8 Å². The minimum Gasteiger partial charge on any atom is -0.308 e. The molecule has 0 N–H and O–H groups in total. The van der Waals surface area contributed by atoms with E-state index in [1.807, 2.05) is 0 Å². The highest BCUT2D eigenvalue weighted by Crippen LogP contribution is 2.29. The predicted molar refractivity (Wildman–Crippen MR) is 114 cm³/mol. The van der Waals surface area contributed by atoms with Gasteiger partial charge in [-0.2, -0.15) is 0 Å². The zero-order valence-corrected chi connectivity index (χ0v) is 17.1. The molecule has 4 nitrogen and oxygen atoms in total. The van der Waals surface area contributed by atoms with Crippen LogP contribution in [0.25, 0.3) is 0 Å². The summed E-state index contributed by atoms with van der Waals surface area (Å²) in [5.41, 5.74) is 1.76. The average molecular weight is 396 g/mol. The maximum absolute atomic E-state index is 14.1.